The second kappa shape index (κ2) is 8.17. The van der Waals surface area contributed by atoms with Crippen molar-refractivity contribution in [3.8, 4) is 5.75 Å². The van der Waals surface area contributed by atoms with Crippen LogP contribution in [0.3, 0.4) is 0 Å². The van der Waals surface area contributed by atoms with Crippen LogP contribution in [0.2, 0.25) is 0 Å². The maximum atomic E-state index is 11.8. The van der Waals surface area contributed by atoms with Gasteiger partial charge in [0, 0.05) is 18.2 Å². The molecule has 1 aromatic carbocycles. The Morgan fingerprint density at radius 3 is 2.48 bits per heavy atom. The van der Waals surface area contributed by atoms with E-state index in [1.807, 2.05) is 20.8 Å². The van der Waals surface area contributed by atoms with Crippen LogP contribution in [-0.2, 0) is 14.4 Å². The van der Waals surface area contributed by atoms with E-state index in [1.54, 1.807) is 18.2 Å². The summed E-state index contributed by atoms with van der Waals surface area (Å²) in [6.45, 7) is 5.23. The maximum absolute atomic E-state index is 11.8. The molecule has 0 heterocycles. The molecule has 2 amide bonds. The Hall–Kier alpha value is -2.57. The summed E-state index contributed by atoms with van der Waals surface area (Å²) >= 11 is 0. The number of hydrogen-bond donors (Lipinski definition) is 3. The number of carbonyl (C=O) groups excluding carboxylic acids is 2. The van der Waals surface area contributed by atoms with Crippen LogP contribution in [0.25, 0.3) is 0 Å². The lowest BCUT2D eigenvalue weighted by atomic mass is 9.92. The van der Waals surface area contributed by atoms with E-state index in [0.29, 0.717) is 17.9 Å². The molecule has 0 saturated heterocycles. The lowest BCUT2D eigenvalue weighted by molar-refractivity contribution is -0.139. The summed E-state index contributed by atoms with van der Waals surface area (Å²) in [7, 11) is 0. The van der Waals surface area contributed by atoms with Gasteiger partial charge in [-0.15, -0.1) is 0 Å². The highest BCUT2D eigenvalue weighted by molar-refractivity contribution is 5.94. The Bertz CT molecular complexity index is 578. The number of anilines is 1. The number of amides is 2. The van der Waals surface area contributed by atoms with E-state index >= 15 is 0 Å². The number of rotatable bonds is 7. The van der Waals surface area contributed by atoms with E-state index < -0.39 is 12.6 Å². The topological polar surface area (TPSA) is 105 Å². The molecule has 3 N–H and O–H groups in total. The number of benzene rings is 1. The van der Waals surface area contributed by atoms with Crippen LogP contribution in [-0.4, -0.2) is 36.0 Å². The van der Waals surface area contributed by atoms with Gasteiger partial charge in [0.1, 0.15) is 5.75 Å². The van der Waals surface area contributed by atoms with Gasteiger partial charge >= 0.3 is 5.97 Å². The first-order chi connectivity index (χ1) is 10.7. The second-order valence-electron chi connectivity index (χ2n) is 6.27. The highest BCUT2D eigenvalue weighted by Crippen LogP contribution is 2.18. The summed E-state index contributed by atoms with van der Waals surface area (Å²) in [4.78, 5) is 33.9. The van der Waals surface area contributed by atoms with Gasteiger partial charge in [-0.05, 0) is 17.5 Å². The molecule has 1 aromatic rings. The van der Waals surface area contributed by atoms with Gasteiger partial charge in [0.25, 0.3) is 0 Å². The largest absolute Gasteiger partial charge is 0.482 e. The third-order valence-corrected chi connectivity index (χ3v) is 2.62. The highest BCUT2D eigenvalue weighted by Gasteiger charge is 2.16. The monoisotopic (exact) mass is 322 g/mol. The van der Waals surface area contributed by atoms with Gasteiger partial charge in [-0.2, -0.15) is 0 Å². The smallest absolute Gasteiger partial charge is 0.341 e. The van der Waals surface area contributed by atoms with E-state index in [4.69, 9.17) is 9.84 Å². The zero-order chi connectivity index (χ0) is 17.5. The van der Waals surface area contributed by atoms with E-state index in [-0.39, 0.29) is 23.8 Å². The van der Waals surface area contributed by atoms with Crippen molar-refractivity contribution in [2.75, 3.05) is 18.5 Å². The predicted molar refractivity (Wildman–Crippen MR) is 85.3 cm³/mol. The zero-order valence-corrected chi connectivity index (χ0v) is 13.5. The zero-order valence-electron chi connectivity index (χ0n) is 13.5. The molecular weight excluding hydrogens is 300 g/mol. The van der Waals surface area contributed by atoms with Crippen LogP contribution >= 0.6 is 0 Å². The quantitative estimate of drug-likeness (QED) is 0.708. The lowest BCUT2D eigenvalue weighted by Crippen LogP contribution is -2.34. The lowest BCUT2D eigenvalue weighted by Gasteiger charge is -2.17. The molecular formula is C16H22N2O5. The van der Waals surface area contributed by atoms with Gasteiger partial charge < -0.3 is 20.5 Å². The average Bonchev–Trinajstić information content (AvgIpc) is 2.41. The van der Waals surface area contributed by atoms with Gasteiger partial charge in [-0.1, -0.05) is 26.8 Å². The summed E-state index contributed by atoms with van der Waals surface area (Å²) in [6, 6.07) is 6.37. The van der Waals surface area contributed by atoms with Crippen LogP contribution in [0.5, 0.6) is 5.75 Å². The first-order valence-electron chi connectivity index (χ1n) is 7.17. The van der Waals surface area contributed by atoms with Crippen molar-refractivity contribution < 1.29 is 24.2 Å². The minimum Gasteiger partial charge on any atom is -0.482 e. The number of hydrogen-bond acceptors (Lipinski definition) is 4. The van der Waals surface area contributed by atoms with E-state index in [1.165, 1.54) is 6.07 Å². The van der Waals surface area contributed by atoms with E-state index in [9.17, 15) is 14.4 Å². The van der Waals surface area contributed by atoms with Crippen LogP contribution in [0.4, 0.5) is 5.69 Å². The molecule has 1 rings (SSSR count). The minimum absolute atomic E-state index is 0.130. The third kappa shape index (κ3) is 8.45. The molecule has 0 aliphatic carbocycles. The fourth-order valence-electron chi connectivity index (χ4n) is 1.74. The molecule has 0 aliphatic rings. The number of ether oxygens (including phenoxy) is 1. The minimum atomic E-state index is -1.08. The molecule has 126 valence electrons. The fraction of sp³-hybridized carbons (Fsp3) is 0.438. The molecule has 0 unspecified atom stereocenters. The number of carboxylic acid groups (broad SMARTS) is 1. The van der Waals surface area contributed by atoms with Crippen molar-refractivity contribution in [2.45, 2.75) is 27.2 Å². The van der Waals surface area contributed by atoms with Gasteiger partial charge in [-0.3, -0.25) is 9.59 Å². The molecule has 0 saturated carbocycles. The molecule has 7 heteroatoms. The number of aliphatic carboxylic acids is 1. The van der Waals surface area contributed by atoms with E-state index in [0.717, 1.165) is 0 Å². The Labute approximate surface area is 135 Å². The van der Waals surface area contributed by atoms with Crippen molar-refractivity contribution in [3.63, 3.8) is 0 Å². The average molecular weight is 322 g/mol. The van der Waals surface area contributed by atoms with Gasteiger partial charge in [0.15, 0.2) is 6.61 Å². The van der Waals surface area contributed by atoms with Gasteiger partial charge in [0.05, 0.1) is 6.54 Å². The van der Waals surface area contributed by atoms with Crippen LogP contribution in [0, 0.1) is 5.41 Å². The summed E-state index contributed by atoms with van der Waals surface area (Å²) in [5.41, 5.74) is 0.319. The summed E-state index contributed by atoms with van der Waals surface area (Å²) in [6.07, 6.45) is 0.332. The van der Waals surface area contributed by atoms with Crippen LogP contribution in [0.1, 0.15) is 27.2 Å². The van der Waals surface area contributed by atoms with Gasteiger partial charge in [-0.25, -0.2) is 4.79 Å². The van der Waals surface area contributed by atoms with Crippen molar-refractivity contribution in [3.05, 3.63) is 24.3 Å². The molecule has 0 aromatic heterocycles. The molecule has 0 aliphatic heterocycles. The fourth-order valence-corrected chi connectivity index (χ4v) is 1.74. The molecule has 0 radical (unpaired) electrons. The second-order valence-corrected chi connectivity index (χ2v) is 6.27. The first-order valence-corrected chi connectivity index (χ1v) is 7.17. The maximum Gasteiger partial charge on any atom is 0.341 e. The normalized spacial score (nSPS) is 10.7. The Balaban J connectivity index is 2.46. The number of nitrogens with one attached hydrogen (secondary N) is 2. The van der Waals surface area contributed by atoms with Gasteiger partial charge in [0.2, 0.25) is 11.8 Å². The molecule has 0 fully saturated rings. The molecule has 0 bridgehead atoms. The molecule has 7 nitrogen and oxygen atoms in total. The summed E-state index contributed by atoms with van der Waals surface area (Å²) < 4.78 is 5.02. The number of carboxylic acids is 1. The Morgan fingerprint density at radius 2 is 1.87 bits per heavy atom. The Morgan fingerprint density at radius 1 is 1.17 bits per heavy atom. The van der Waals surface area contributed by atoms with E-state index in [2.05, 4.69) is 10.6 Å². The third-order valence-electron chi connectivity index (χ3n) is 2.62. The van der Waals surface area contributed by atoms with Crippen molar-refractivity contribution in [1.82, 2.24) is 5.32 Å². The van der Waals surface area contributed by atoms with Crippen molar-refractivity contribution in [2.24, 2.45) is 5.41 Å². The molecule has 23 heavy (non-hydrogen) atoms. The highest BCUT2D eigenvalue weighted by atomic mass is 16.5. The van der Waals surface area contributed by atoms with Crippen LogP contribution in [0.15, 0.2) is 24.3 Å². The predicted octanol–water partition coefficient (Wildman–Crippen LogP) is 1.64. The first kappa shape index (κ1) is 18.5. The SMILES string of the molecule is CC(C)(C)CC(=O)NCC(=O)Nc1cccc(OCC(=O)O)c1. The van der Waals surface area contributed by atoms with Crippen molar-refractivity contribution >= 4 is 23.5 Å². The van der Waals surface area contributed by atoms with Crippen LogP contribution < -0.4 is 15.4 Å². The summed E-state index contributed by atoms with van der Waals surface area (Å²) in [5, 5.41) is 13.7. The standard InChI is InChI=1S/C16H22N2O5/c1-16(2,3)8-13(19)17-9-14(20)18-11-5-4-6-12(7-11)23-10-15(21)22/h4-7H,8-10H2,1-3H3,(H,17,19)(H,18,20)(H,21,22). The summed E-state index contributed by atoms with van der Waals surface area (Å²) in [5.74, 6) is -1.31. The number of carbonyl (C=O) groups is 3. The molecule has 0 atom stereocenters. The van der Waals surface area contributed by atoms with Crippen molar-refractivity contribution in [1.29, 1.82) is 0 Å². The Kier molecular flexibility index (Phi) is 6.56. The molecule has 0 spiro atoms.